The second kappa shape index (κ2) is 9.75. The largest absolute Gasteiger partial charge is 0.483 e. The van der Waals surface area contributed by atoms with Crippen LogP contribution in [0.25, 0.3) is 11.7 Å². The highest BCUT2D eigenvalue weighted by atomic mass is 32.2. The van der Waals surface area contributed by atoms with E-state index >= 15 is 0 Å². The Morgan fingerprint density at radius 1 is 1.13 bits per heavy atom. The van der Waals surface area contributed by atoms with Gasteiger partial charge in [0.2, 0.25) is 5.89 Å². The second-order valence-corrected chi connectivity index (χ2v) is 7.50. The van der Waals surface area contributed by atoms with E-state index in [4.69, 9.17) is 18.3 Å². The van der Waals surface area contributed by atoms with Crippen molar-refractivity contribution in [3.05, 3.63) is 60.2 Å². The lowest BCUT2D eigenvalue weighted by Gasteiger charge is -2.17. The Kier molecular flexibility index (Phi) is 6.63. The van der Waals surface area contributed by atoms with Crippen molar-refractivity contribution in [2.45, 2.75) is 30.5 Å². The highest BCUT2D eigenvalue weighted by molar-refractivity contribution is 7.98. The molecule has 11 heteroatoms. The maximum atomic E-state index is 13.9. The van der Waals surface area contributed by atoms with Gasteiger partial charge in [-0.05, 0) is 31.2 Å². The van der Waals surface area contributed by atoms with E-state index in [-0.39, 0.29) is 18.4 Å². The Morgan fingerprint density at radius 3 is 2.77 bits per heavy atom. The van der Waals surface area contributed by atoms with Gasteiger partial charge in [-0.1, -0.05) is 23.9 Å². The molecule has 0 saturated carbocycles. The molecule has 0 bridgehead atoms. The van der Waals surface area contributed by atoms with E-state index in [0.717, 1.165) is 0 Å². The first-order valence-corrected chi connectivity index (χ1v) is 10.4. The van der Waals surface area contributed by atoms with Gasteiger partial charge in [0, 0.05) is 7.11 Å². The van der Waals surface area contributed by atoms with Crippen LogP contribution in [-0.4, -0.2) is 38.7 Å². The number of hydrogen-bond donors (Lipinski definition) is 0. The third-order valence-corrected chi connectivity index (χ3v) is 5.23. The van der Waals surface area contributed by atoms with Gasteiger partial charge in [-0.15, -0.1) is 20.4 Å². The summed E-state index contributed by atoms with van der Waals surface area (Å²) in [4.78, 5) is 0. The summed E-state index contributed by atoms with van der Waals surface area (Å²) in [6.45, 7) is 2.48. The summed E-state index contributed by atoms with van der Waals surface area (Å²) < 4.78 is 37.6. The summed E-state index contributed by atoms with van der Waals surface area (Å²) in [5, 5.41) is 17.2. The lowest BCUT2D eigenvalue weighted by molar-refractivity contribution is 0.154. The van der Waals surface area contributed by atoms with Crippen LogP contribution in [0, 0.1) is 5.82 Å². The molecule has 0 aliphatic heterocycles. The van der Waals surface area contributed by atoms with E-state index in [9.17, 15) is 4.39 Å². The number of hydrogen-bond acceptors (Lipinski definition) is 9. The van der Waals surface area contributed by atoms with Crippen LogP contribution in [0.5, 0.6) is 5.75 Å². The predicted octanol–water partition coefficient (Wildman–Crippen LogP) is 4.14. The van der Waals surface area contributed by atoms with Crippen molar-refractivity contribution in [2.75, 3.05) is 13.7 Å². The highest BCUT2D eigenvalue weighted by Gasteiger charge is 2.20. The number of ether oxygens (including phenoxy) is 2. The molecule has 0 aliphatic rings. The molecular weight excluding hydrogens is 425 g/mol. The molecule has 3 aromatic heterocycles. The molecule has 0 unspecified atom stereocenters. The van der Waals surface area contributed by atoms with Crippen molar-refractivity contribution in [1.29, 1.82) is 0 Å². The summed E-state index contributed by atoms with van der Waals surface area (Å²) in [6, 6.07) is 9.65. The minimum atomic E-state index is -0.433. The number of nitrogens with zero attached hydrogens (tertiary/aromatic N) is 5. The van der Waals surface area contributed by atoms with Gasteiger partial charge >= 0.3 is 0 Å². The van der Waals surface area contributed by atoms with Crippen LogP contribution in [0.1, 0.15) is 24.7 Å². The molecule has 0 N–H and O–H groups in total. The molecule has 4 rings (SSSR count). The Labute approximate surface area is 181 Å². The SMILES string of the molecule is COC[C@@H](C)n1c(COc2ccccc2F)nnc1SCc1nnc(-c2ccco2)o1. The average molecular weight is 445 g/mol. The van der Waals surface area contributed by atoms with Crippen molar-refractivity contribution < 1.29 is 22.7 Å². The van der Waals surface area contributed by atoms with Gasteiger partial charge in [0.25, 0.3) is 5.89 Å². The summed E-state index contributed by atoms with van der Waals surface area (Å²) in [5.41, 5.74) is 0. The third kappa shape index (κ3) is 4.94. The molecule has 3 heterocycles. The number of halogens is 1. The van der Waals surface area contributed by atoms with Gasteiger partial charge in [0.1, 0.15) is 6.61 Å². The van der Waals surface area contributed by atoms with E-state index in [1.165, 1.54) is 17.8 Å². The Hall–Kier alpha value is -3.18. The normalized spacial score (nSPS) is 12.2. The summed E-state index contributed by atoms with van der Waals surface area (Å²) in [5.74, 6) is 1.91. The lowest BCUT2D eigenvalue weighted by atomic mass is 10.3. The van der Waals surface area contributed by atoms with E-state index < -0.39 is 5.82 Å². The number of methoxy groups -OCH3 is 1. The zero-order chi connectivity index (χ0) is 21.6. The fourth-order valence-electron chi connectivity index (χ4n) is 2.90. The van der Waals surface area contributed by atoms with Gasteiger partial charge in [0.15, 0.2) is 28.3 Å². The lowest BCUT2D eigenvalue weighted by Crippen LogP contribution is -2.16. The van der Waals surface area contributed by atoms with Crippen molar-refractivity contribution >= 4 is 11.8 Å². The summed E-state index contributed by atoms with van der Waals surface area (Å²) >= 11 is 1.39. The van der Waals surface area contributed by atoms with E-state index in [0.29, 0.717) is 40.9 Å². The van der Waals surface area contributed by atoms with Crippen LogP contribution in [-0.2, 0) is 17.1 Å². The number of para-hydroxylation sites is 1. The number of benzene rings is 1. The molecule has 0 radical (unpaired) electrons. The van der Waals surface area contributed by atoms with Crippen molar-refractivity contribution in [3.63, 3.8) is 0 Å². The zero-order valence-corrected chi connectivity index (χ0v) is 17.7. The number of aromatic nitrogens is 5. The third-order valence-electron chi connectivity index (χ3n) is 4.30. The van der Waals surface area contributed by atoms with Gasteiger partial charge in [-0.25, -0.2) is 4.39 Å². The van der Waals surface area contributed by atoms with Gasteiger partial charge in [0.05, 0.1) is 24.7 Å². The molecule has 0 fully saturated rings. The van der Waals surface area contributed by atoms with Crippen LogP contribution in [0.2, 0.25) is 0 Å². The monoisotopic (exact) mass is 445 g/mol. The quantitative estimate of drug-likeness (QED) is 0.333. The molecular formula is C20H20FN5O4S. The van der Waals surface area contributed by atoms with E-state index in [2.05, 4.69) is 20.4 Å². The molecule has 0 spiro atoms. The summed E-state index contributed by atoms with van der Waals surface area (Å²) in [7, 11) is 1.62. The average Bonchev–Trinajstić information content (AvgIpc) is 3.52. The predicted molar refractivity (Wildman–Crippen MR) is 109 cm³/mol. The van der Waals surface area contributed by atoms with Crippen LogP contribution < -0.4 is 4.74 Å². The van der Waals surface area contributed by atoms with Gasteiger partial charge in [-0.2, -0.15) is 0 Å². The van der Waals surface area contributed by atoms with E-state index in [1.54, 1.807) is 43.7 Å². The maximum Gasteiger partial charge on any atom is 0.283 e. The first-order valence-electron chi connectivity index (χ1n) is 9.44. The molecule has 0 aliphatic carbocycles. The first kappa shape index (κ1) is 21.1. The fraction of sp³-hybridized carbons (Fsp3) is 0.300. The van der Waals surface area contributed by atoms with E-state index in [1.807, 2.05) is 11.5 Å². The zero-order valence-electron chi connectivity index (χ0n) is 16.9. The molecule has 9 nitrogen and oxygen atoms in total. The molecule has 31 heavy (non-hydrogen) atoms. The molecule has 162 valence electrons. The Balaban J connectivity index is 1.48. The van der Waals surface area contributed by atoms with Crippen molar-refractivity contribution in [3.8, 4) is 17.4 Å². The van der Waals surface area contributed by atoms with Crippen molar-refractivity contribution in [1.82, 2.24) is 25.0 Å². The summed E-state index contributed by atoms with van der Waals surface area (Å²) in [6.07, 6.45) is 1.54. The minimum absolute atomic E-state index is 0.0613. The Bertz CT molecular complexity index is 1110. The van der Waals surface area contributed by atoms with Crippen LogP contribution in [0.15, 0.2) is 56.7 Å². The molecule has 1 atom stereocenters. The maximum absolute atomic E-state index is 13.9. The molecule has 0 saturated heterocycles. The Morgan fingerprint density at radius 2 is 2.00 bits per heavy atom. The fourth-order valence-corrected chi connectivity index (χ4v) is 3.80. The smallest absolute Gasteiger partial charge is 0.283 e. The highest BCUT2D eigenvalue weighted by Crippen LogP contribution is 2.27. The molecule has 1 aromatic carbocycles. The topological polar surface area (TPSA) is 101 Å². The van der Waals surface area contributed by atoms with Crippen LogP contribution in [0.4, 0.5) is 4.39 Å². The van der Waals surface area contributed by atoms with Crippen molar-refractivity contribution in [2.24, 2.45) is 0 Å². The number of furan rings is 1. The number of rotatable bonds is 10. The standard InChI is InChI=1S/C20H20FN5O4S/c1-13(10-27-2)26-17(11-29-15-7-4-3-6-14(15)21)22-25-20(26)31-12-18-23-24-19(30-18)16-8-5-9-28-16/h3-9,13H,10-12H2,1-2H3/t13-/m1/s1. The van der Waals surface area contributed by atoms with Crippen LogP contribution >= 0.6 is 11.8 Å². The van der Waals surface area contributed by atoms with Gasteiger partial charge in [-0.3, -0.25) is 4.57 Å². The first-order chi connectivity index (χ1) is 15.2. The second-order valence-electron chi connectivity index (χ2n) is 6.56. The molecule has 4 aromatic rings. The number of thioether (sulfide) groups is 1. The minimum Gasteiger partial charge on any atom is -0.483 e. The van der Waals surface area contributed by atoms with Crippen LogP contribution in [0.3, 0.4) is 0 Å². The molecule has 0 amide bonds. The van der Waals surface area contributed by atoms with Gasteiger partial charge < -0.3 is 18.3 Å².